The molecule has 1 aliphatic heterocycles. The Kier molecular flexibility index (Phi) is 4.93. The number of thiazole rings is 1. The zero-order chi connectivity index (χ0) is 19.0. The molecule has 0 bridgehead atoms. The first-order chi connectivity index (χ1) is 13.0. The molecule has 0 saturated carbocycles. The minimum atomic E-state index is -0.0540. The van der Waals surface area contributed by atoms with E-state index in [1.165, 1.54) is 5.56 Å². The fourth-order valence-corrected chi connectivity index (χ4v) is 4.53. The molecule has 2 aromatic carbocycles. The van der Waals surface area contributed by atoms with Gasteiger partial charge in [-0.15, -0.1) is 0 Å². The van der Waals surface area contributed by atoms with E-state index in [2.05, 4.69) is 17.1 Å². The van der Waals surface area contributed by atoms with Gasteiger partial charge < -0.3 is 15.1 Å². The number of carbonyl (C=O) groups excluding carboxylic acids is 1. The predicted molar refractivity (Wildman–Crippen MR) is 113 cm³/mol. The van der Waals surface area contributed by atoms with Crippen LogP contribution in [-0.2, 0) is 0 Å². The molecule has 27 heavy (non-hydrogen) atoms. The zero-order valence-corrected chi connectivity index (χ0v) is 16.9. The molecule has 1 aliphatic rings. The lowest BCUT2D eigenvalue weighted by Crippen LogP contribution is -2.50. The second-order valence-electron chi connectivity index (χ2n) is 6.81. The zero-order valence-electron chi connectivity index (χ0n) is 15.3. The van der Waals surface area contributed by atoms with Crippen molar-refractivity contribution in [1.29, 1.82) is 0 Å². The van der Waals surface area contributed by atoms with Gasteiger partial charge in [-0.1, -0.05) is 46.7 Å². The van der Waals surface area contributed by atoms with Crippen LogP contribution in [0.15, 0.2) is 36.4 Å². The summed E-state index contributed by atoms with van der Waals surface area (Å²) in [6.45, 7) is 6.94. The molecule has 0 aliphatic carbocycles. The summed E-state index contributed by atoms with van der Waals surface area (Å²) < 4.78 is 1.03. The number of amides is 2. The summed E-state index contributed by atoms with van der Waals surface area (Å²) >= 11 is 7.95. The maximum Gasteiger partial charge on any atom is 0.321 e. The van der Waals surface area contributed by atoms with Crippen molar-refractivity contribution in [3.05, 3.63) is 52.5 Å². The van der Waals surface area contributed by atoms with Crippen LogP contribution in [0.3, 0.4) is 0 Å². The van der Waals surface area contributed by atoms with Gasteiger partial charge in [0.25, 0.3) is 0 Å². The second-order valence-corrected chi connectivity index (χ2v) is 8.19. The van der Waals surface area contributed by atoms with Gasteiger partial charge in [-0.2, -0.15) is 0 Å². The van der Waals surface area contributed by atoms with E-state index in [0.29, 0.717) is 13.1 Å². The van der Waals surface area contributed by atoms with Gasteiger partial charge in [-0.3, -0.25) is 0 Å². The Bertz CT molecular complexity index is 939. The van der Waals surface area contributed by atoms with E-state index in [1.54, 1.807) is 11.3 Å². The number of aryl methyl sites for hydroxylation is 2. The number of urea groups is 1. The van der Waals surface area contributed by atoms with Crippen LogP contribution in [0.1, 0.15) is 11.1 Å². The summed E-state index contributed by atoms with van der Waals surface area (Å²) in [5.74, 6) is 0. The number of nitrogens with zero attached hydrogens (tertiary/aromatic N) is 3. The van der Waals surface area contributed by atoms with Crippen molar-refractivity contribution >= 4 is 50.0 Å². The Morgan fingerprint density at radius 1 is 1.07 bits per heavy atom. The van der Waals surface area contributed by atoms with Crippen molar-refractivity contribution in [1.82, 2.24) is 9.88 Å². The van der Waals surface area contributed by atoms with Crippen molar-refractivity contribution in [2.75, 3.05) is 36.4 Å². The van der Waals surface area contributed by atoms with Crippen LogP contribution in [0.25, 0.3) is 10.2 Å². The molecule has 1 N–H and O–H groups in total. The van der Waals surface area contributed by atoms with E-state index >= 15 is 0 Å². The lowest BCUT2D eigenvalue weighted by atomic mass is 10.2. The molecule has 2 amide bonds. The Morgan fingerprint density at radius 3 is 2.44 bits per heavy atom. The molecule has 1 saturated heterocycles. The monoisotopic (exact) mass is 400 g/mol. The molecule has 0 unspecified atom stereocenters. The van der Waals surface area contributed by atoms with Gasteiger partial charge in [-0.25, -0.2) is 9.78 Å². The van der Waals surface area contributed by atoms with Crippen molar-refractivity contribution in [3.63, 3.8) is 0 Å². The van der Waals surface area contributed by atoms with Gasteiger partial charge in [0.1, 0.15) is 0 Å². The second kappa shape index (κ2) is 7.37. The third kappa shape index (κ3) is 3.73. The summed E-state index contributed by atoms with van der Waals surface area (Å²) in [5, 5.41) is 4.69. The van der Waals surface area contributed by atoms with E-state index in [9.17, 15) is 4.79 Å². The van der Waals surface area contributed by atoms with E-state index < -0.39 is 0 Å². The van der Waals surface area contributed by atoms with Crippen molar-refractivity contribution in [2.24, 2.45) is 0 Å². The Labute approximate surface area is 167 Å². The molecular formula is C20H21ClN4OS. The summed E-state index contributed by atoms with van der Waals surface area (Å²) in [5.41, 5.74) is 4.10. The minimum Gasteiger partial charge on any atom is -0.345 e. The van der Waals surface area contributed by atoms with E-state index in [-0.39, 0.29) is 6.03 Å². The third-order valence-corrected chi connectivity index (χ3v) is 6.40. The van der Waals surface area contributed by atoms with Crippen LogP contribution in [-0.4, -0.2) is 42.1 Å². The maximum absolute atomic E-state index is 12.5. The van der Waals surface area contributed by atoms with E-state index in [4.69, 9.17) is 16.6 Å². The molecule has 5 nitrogen and oxygen atoms in total. The summed E-state index contributed by atoms with van der Waals surface area (Å²) in [6.07, 6.45) is 0. The number of nitrogens with one attached hydrogen (secondary N) is 1. The minimum absolute atomic E-state index is 0.0540. The summed E-state index contributed by atoms with van der Waals surface area (Å²) in [4.78, 5) is 21.4. The normalized spacial score (nSPS) is 14.6. The first-order valence-electron chi connectivity index (χ1n) is 8.94. The molecule has 0 radical (unpaired) electrons. The highest BCUT2D eigenvalue weighted by Crippen LogP contribution is 2.35. The van der Waals surface area contributed by atoms with Gasteiger partial charge in [0.05, 0.1) is 15.2 Å². The maximum atomic E-state index is 12.5. The number of fused-ring (bicyclic) bond motifs is 1. The van der Waals surface area contributed by atoms with Gasteiger partial charge in [0, 0.05) is 31.9 Å². The molecule has 7 heteroatoms. The molecule has 0 atom stereocenters. The van der Waals surface area contributed by atoms with Crippen LogP contribution < -0.4 is 10.2 Å². The largest absolute Gasteiger partial charge is 0.345 e. The Balaban J connectivity index is 1.41. The fraction of sp³-hybridized carbons (Fsp3) is 0.300. The number of hydrogen-bond donors (Lipinski definition) is 1. The number of aromatic nitrogens is 1. The lowest BCUT2D eigenvalue weighted by molar-refractivity contribution is 0.208. The molecular weight excluding hydrogens is 380 g/mol. The van der Waals surface area contributed by atoms with Gasteiger partial charge in [0.15, 0.2) is 5.13 Å². The average molecular weight is 401 g/mol. The molecule has 2 heterocycles. The number of hydrogen-bond acceptors (Lipinski definition) is 4. The summed E-state index contributed by atoms with van der Waals surface area (Å²) in [6, 6.07) is 11.7. The third-order valence-electron chi connectivity index (χ3n) is 4.83. The molecule has 1 aromatic heterocycles. The highest BCUT2D eigenvalue weighted by molar-refractivity contribution is 7.22. The highest BCUT2D eigenvalue weighted by atomic mass is 35.5. The van der Waals surface area contributed by atoms with Crippen LogP contribution in [0.2, 0.25) is 5.02 Å². The quantitative estimate of drug-likeness (QED) is 0.664. The Hall–Kier alpha value is -2.31. The number of piperazine rings is 1. The van der Waals surface area contributed by atoms with Crippen molar-refractivity contribution in [3.8, 4) is 0 Å². The summed E-state index contributed by atoms with van der Waals surface area (Å²) in [7, 11) is 0. The fourth-order valence-electron chi connectivity index (χ4n) is 3.17. The molecule has 0 spiro atoms. The van der Waals surface area contributed by atoms with E-state index in [1.807, 2.05) is 48.2 Å². The van der Waals surface area contributed by atoms with Gasteiger partial charge >= 0.3 is 6.03 Å². The van der Waals surface area contributed by atoms with Gasteiger partial charge in [0.2, 0.25) is 0 Å². The molecule has 140 valence electrons. The topological polar surface area (TPSA) is 48.5 Å². The SMILES string of the molecule is Cc1ccc(NC(=O)N2CCN(c3nc4c(C)ccc(Cl)c4s3)CC2)cc1. The number of halogens is 1. The van der Waals surface area contributed by atoms with Crippen molar-refractivity contribution < 1.29 is 4.79 Å². The van der Waals surface area contributed by atoms with Crippen LogP contribution in [0.4, 0.5) is 15.6 Å². The van der Waals surface area contributed by atoms with E-state index in [0.717, 1.165) is 44.7 Å². The predicted octanol–water partition coefficient (Wildman–Crippen LogP) is 4.92. The number of rotatable bonds is 2. The first-order valence-corrected chi connectivity index (χ1v) is 10.1. The number of carbonyl (C=O) groups is 1. The Morgan fingerprint density at radius 2 is 1.78 bits per heavy atom. The van der Waals surface area contributed by atoms with Crippen molar-refractivity contribution in [2.45, 2.75) is 13.8 Å². The standard InChI is InChI=1S/C20H21ClN4OS/c1-13-3-6-15(7-4-13)22-19(26)24-9-11-25(12-10-24)20-23-17-14(2)5-8-16(21)18(17)27-20/h3-8H,9-12H2,1-2H3,(H,22,26). The number of benzene rings is 2. The smallest absolute Gasteiger partial charge is 0.321 e. The molecule has 4 rings (SSSR count). The van der Waals surface area contributed by atoms with Crippen LogP contribution in [0, 0.1) is 13.8 Å². The first kappa shape index (κ1) is 18.1. The highest BCUT2D eigenvalue weighted by Gasteiger charge is 2.23. The molecule has 1 fully saturated rings. The van der Waals surface area contributed by atoms with Crippen LogP contribution >= 0.6 is 22.9 Å². The average Bonchev–Trinajstić information content (AvgIpc) is 3.14. The molecule has 3 aromatic rings. The number of anilines is 2. The van der Waals surface area contributed by atoms with Crippen LogP contribution in [0.5, 0.6) is 0 Å². The van der Waals surface area contributed by atoms with Gasteiger partial charge in [-0.05, 0) is 37.6 Å². The lowest BCUT2D eigenvalue weighted by Gasteiger charge is -2.34.